The zero-order valence-corrected chi connectivity index (χ0v) is 11.7. The fourth-order valence-corrected chi connectivity index (χ4v) is 2.00. The van der Waals surface area contributed by atoms with Gasteiger partial charge in [0.25, 0.3) is 5.69 Å². The van der Waals surface area contributed by atoms with Gasteiger partial charge in [0.2, 0.25) is 0 Å². The number of hydrogen-bond acceptors (Lipinski definition) is 4. The predicted molar refractivity (Wildman–Crippen MR) is 78.1 cm³/mol. The van der Waals surface area contributed by atoms with Crippen LogP contribution in [0.2, 0.25) is 0 Å². The number of nitrogens with zero attached hydrogens (tertiary/aromatic N) is 1. The van der Waals surface area contributed by atoms with Gasteiger partial charge in [-0.25, -0.2) is 4.39 Å². The fraction of sp³-hybridized carbons (Fsp3) is 0.200. The standard InChI is InChI=1S/C15H15FN2O3/c1-10(11-4-3-5-12(16)8-11)17-14-7-6-13(21-2)9-15(14)18(19)20/h3-10,17H,1-2H3. The SMILES string of the molecule is COc1ccc(NC(C)c2cccc(F)c2)c([N+](=O)[O-])c1. The number of halogens is 1. The Balaban J connectivity index is 2.28. The van der Waals surface area contributed by atoms with Crippen molar-refractivity contribution in [3.8, 4) is 5.75 Å². The summed E-state index contributed by atoms with van der Waals surface area (Å²) in [6.07, 6.45) is 0. The molecule has 1 unspecified atom stereocenters. The van der Waals surface area contributed by atoms with Gasteiger partial charge in [-0.3, -0.25) is 10.1 Å². The molecule has 21 heavy (non-hydrogen) atoms. The molecular formula is C15H15FN2O3. The van der Waals surface area contributed by atoms with E-state index in [1.54, 1.807) is 24.3 Å². The van der Waals surface area contributed by atoms with Gasteiger partial charge in [-0.1, -0.05) is 12.1 Å². The summed E-state index contributed by atoms with van der Waals surface area (Å²) in [5.74, 6) is 0.0658. The minimum Gasteiger partial charge on any atom is -0.496 e. The molecule has 0 aromatic heterocycles. The van der Waals surface area contributed by atoms with Crippen LogP contribution in [0.5, 0.6) is 5.75 Å². The highest BCUT2D eigenvalue weighted by Gasteiger charge is 2.17. The van der Waals surface area contributed by atoms with Gasteiger partial charge in [0.15, 0.2) is 0 Å². The number of benzene rings is 2. The van der Waals surface area contributed by atoms with E-state index >= 15 is 0 Å². The summed E-state index contributed by atoms with van der Waals surface area (Å²) in [5.41, 5.74) is 0.982. The Hall–Kier alpha value is -2.63. The summed E-state index contributed by atoms with van der Waals surface area (Å²) >= 11 is 0. The predicted octanol–water partition coefficient (Wildman–Crippen LogP) is 3.92. The van der Waals surface area contributed by atoms with Gasteiger partial charge < -0.3 is 10.1 Å². The molecule has 2 aromatic rings. The highest BCUT2D eigenvalue weighted by Crippen LogP contribution is 2.31. The molecule has 0 saturated carbocycles. The zero-order chi connectivity index (χ0) is 15.4. The number of nitro benzene ring substituents is 1. The van der Waals surface area contributed by atoms with Crippen LogP contribution in [-0.2, 0) is 0 Å². The lowest BCUT2D eigenvalue weighted by Gasteiger charge is -2.16. The molecule has 0 radical (unpaired) electrons. The third kappa shape index (κ3) is 3.47. The number of hydrogen-bond donors (Lipinski definition) is 1. The van der Waals surface area contributed by atoms with E-state index < -0.39 is 4.92 Å². The van der Waals surface area contributed by atoms with Crippen LogP contribution in [-0.4, -0.2) is 12.0 Å². The first-order chi connectivity index (χ1) is 10.0. The van der Waals surface area contributed by atoms with Crippen molar-refractivity contribution < 1.29 is 14.1 Å². The van der Waals surface area contributed by atoms with Gasteiger partial charge in [0, 0.05) is 6.04 Å². The molecule has 0 aliphatic rings. The molecule has 0 heterocycles. The minimum absolute atomic E-state index is 0.0856. The topological polar surface area (TPSA) is 64.4 Å². The molecular weight excluding hydrogens is 275 g/mol. The fourth-order valence-electron chi connectivity index (χ4n) is 2.00. The summed E-state index contributed by atoms with van der Waals surface area (Å²) < 4.78 is 18.2. The van der Waals surface area contributed by atoms with E-state index in [9.17, 15) is 14.5 Å². The third-order valence-corrected chi connectivity index (χ3v) is 3.12. The van der Waals surface area contributed by atoms with Crippen molar-refractivity contribution in [3.05, 3.63) is 64.0 Å². The molecule has 1 atom stereocenters. The van der Waals surface area contributed by atoms with Crippen LogP contribution in [0.3, 0.4) is 0 Å². The third-order valence-electron chi connectivity index (χ3n) is 3.12. The Morgan fingerprint density at radius 2 is 2.05 bits per heavy atom. The maximum absolute atomic E-state index is 13.2. The molecule has 110 valence electrons. The summed E-state index contributed by atoms with van der Waals surface area (Å²) in [6, 6.07) is 10.4. The van der Waals surface area contributed by atoms with E-state index in [2.05, 4.69) is 5.32 Å². The van der Waals surface area contributed by atoms with Gasteiger partial charge in [-0.05, 0) is 36.8 Å². The van der Waals surface area contributed by atoms with E-state index in [0.29, 0.717) is 17.0 Å². The van der Waals surface area contributed by atoms with Gasteiger partial charge in [0.1, 0.15) is 17.3 Å². The summed E-state index contributed by atoms with van der Waals surface area (Å²) in [6.45, 7) is 1.81. The molecule has 0 amide bonds. The molecule has 0 fully saturated rings. The van der Waals surface area contributed by atoms with E-state index in [1.807, 2.05) is 6.92 Å². The van der Waals surface area contributed by atoms with Gasteiger partial charge in [0.05, 0.1) is 18.1 Å². The van der Waals surface area contributed by atoms with E-state index in [0.717, 1.165) is 0 Å². The Kier molecular flexibility index (Phi) is 4.37. The number of anilines is 1. The summed E-state index contributed by atoms with van der Waals surface area (Å²) in [5, 5.41) is 14.1. The van der Waals surface area contributed by atoms with E-state index in [4.69, 9.17) is 4.74 Å². The van der Waals surface area contributed by atoms with Crippen LogP contribution >= 0.6 is 0 Å². The lowest BCUT2D eigenvalue weighted by atomic mass is 10.1. The number of methoxy groups -OCH3 is 1. The number of ether oxygens (including phenoxy) is 1. The first kappa shape index (κ1) is 14.8. The quantitative estimate of drug-likeness (QED) is 0.669. The van der Waals surface area contributed by atoms with Crippen LogP contribution in [0.1, 0.15) is 18.5 Å². The van der Waals surface area contributed by atoms with Crippen molar-refractivity contribution in [1.29, 1.82) is 0 Å². The van der Waals surface area contributed by atoms with Crippen molar-refractivity contribution in [2.24, 2.45) is 0 Å². The van der Waals surface area contributed by atoms with Gasteiger partial charge in [-0.2, -0.15) is 0 Å². The van der Waals surface area contributed by atoms with Gasteiger partial charge >= 0.3 is 0 Å². The monoisotopic (exact) mass is 290 g/mol. The molecule has 0 aliphatic heterocycles. The van der Waals surface area contributed by atoms with E-state index in [-0.39, 0.29) is 17.5 Å². The second-order valence-electron chi connectivity index (χ2n) is 4.56. The second kappa shape index (κ2) is 6.21. The van der Waals surface area contributed by atoms with Crippen molar-refractivity contribution in [2.75, 3.05) is 12.4 Å². The van der Waals surface area contributed by atoms with Crippen LogP contribution in [0.25, 0.3) is 0 Å². The number of nitrogens with one attached hydrogen (secondary N) is 1. The van der Waals surface area contributed by atoms with Crippen LogP contribution in [0.4, 0.5) is 15.8 Å². The molecule has 5 nitrogen and oxygen atoms in total. The summed E-state index contributed by atoms with van der Waals surface area (Å²) in [7, 11) is 1.45. The number of rotatable bonds is 5. The highest BCUT2D eigenvalue weighted by atomic mass is 19.1. The van der Waals surface area contributed by atoms with E-state index in [1.165, 1.54) is 25.3 Å². The molecule has 0 spiro atoms. The molecule has 0 bridgehead atoms. The van der Waals surface area contributed by atoms with Crippen molar-refractivity contribution in [3.63, 3.8) is 0 Å². The molecule has 1 N–H and O–H groups in total. The average Bonchev–Trinajstić information content (AvgIpc) is 2.47. The largest absolute Gasteiger partial charge is 0.496 e. The molecule has 0 saturated heterocycles. The Morgan fingerprint density at radius 3 is 2.67 bits per heavy atom. The molecule has 2 aromatic carbocycles. The van der Waals surface area contributed by atoms with Crippen molar-refractivity contribution >= 4 is 11.4 Å². The summed E-state index contributed by atoms with van der Waals surface area (Å²) in [4.78, 5) is 10.6. The maximum atomic E-state index is 13.2. The lowest BCUT2D eigenvalue weighted by molar-refractivity contribution is -0.384. The second-order valence-corrected chi connectivity index (χ2v) is 4.56. The van der Waals surface area contributed by atoms with Gasteiger partial charge in [-0.15, -0.1) is 0 Å². The maximum Gasteiger partial charge on any atom is 0.296 e. The smallest absolute Gasteiger partial charge is 0.296 e. The Bertz CT molecular complexity index is 661. The average molecular weight is 290 g/mol. The van der Waals surface area contributed by atoms with Crippen molar-refractivity contribution in [2.45, 2.75) is 13.0 Å². The lowest BCUT2D eigenvalue weighted by Crippen LogP contribution is -2.08. The van der Waals surface area contributed by atoms with Crippen molar-refractivity contribution in [1.82, 2.24) is 0 Å². The highest BCUT2D eigenvalue weighted by molar-refractivity contribution is 5.64. The van der Waals surface area contributed by atoms with Crippen LogP contribution in [0, 0.1) is 15.9 Å². The number of nitro groups is 1. The zero-order valence-electron chi connectivity index (χ0n) is 11.7. The first-order valence-electron chi connectivity index (χ1n) is 6.35. The van der Waals surface area contributed by atoms with Crippen LogP contribution < -0.4 is 10.1 Å². The molecule has 0 aliphatic carbocycles. The Morgan fingerprint density at radius 1 is 1.29 bits per heavy atom. The molecule has 6 heteroatoms. The first-order valence-corrected chi connectivity index (χ1v) is 6.35. The normalized spacial score (nSPS) is 11.8. The Labute approximate surface area is 121 Å². The molecule has 2 rings (SSSR count). The minimum atomic E-state index is -0.483. The van der Waals surface area contributed by atoms with Crippen LogP contribution in [0.15, 0.2) is 42.5 Å².